The molecule has 1 heterocycles. The summed E-state index contributed by atoms with van der Waals surface area (Å²) in [5.74, 6) is 0.0249. The van der Waals surface area contributed by atoms with Crippen LogP contribution in [-0.4, -0.2) is 64.2 Å². The minimum absolute atomic E-state index is 0.0951. The number of amides is 1. The van der Waals surface area contributed by atoms with Crippen molar-refractivity contribution in [2.75, 3.05) is 32.8 Å². The number of benzene rings is 1. The number of rotatable bonds is 9. The molecule has 1 saturated heterocycles. The molecule has 1 amide bonds. The van der Waals surface area contributed by atoms with E-state index in [-0.39, 0.29) is 22.8 Å². The van der Waals surface area contributed by atoms with Crippen LogP contribution >= 0.6 is 15.9 Å². The molecule has 2 rings (SSSR count). The molecule has 0 aromatic heterocycles. The van der Waals surface area contributed by atoms with E-state index in [0.29, 0.717) is 19.1 Å². The van der Waals surface area contributed by atoms with E-state index in [1.54, 1.807) is 12.1 Å². The SMILES string of the molecule is CC(C)CN1CCO[C@H](CNC(=O)[C@H](NS(=O)(=O)c2ccc(Br)cc2)C(C)C)C1. The Kier molecular flexibility index (Phi) is 9.09. The number of morpholine rings is 1. The molecule has 0 saturated carbocycles. The van der Waals surface area contributed by atoms with Crippen molar-refractivity contribution >= 4 is 31.9 Å². The fourth-order valence-corrected chi connectivity index (χ4v) is 4.86. The molecule has 0 spiro atoms. The van der Waals surface area contributed by atoms with E-state index in [9.17, 15) is 13.2 Å². The first-order valence-corrected chi connectivity index (χ1v) is 12.3. The van der Waals surface area contributed by atoms with Crippen molar-refractivity contribution in [1.29, 1.82) is 0 Å². The van der Waals surface area contributed by atoms with Crippen LogP contribution in [0.5, 0.6) is 0 Å². The van der Waals surface area contributed by atoms with Crippen LogP contribution in [0.2, 0.25) is 0 Å². The maximum atomic E-state index is 12.7. The van der Waals surface area contributed by atoms with E-state index in [1.807, 2.05) is 13.8 Å². The van der Waals surface area contributed by atoms with E-state index in [2.05, 4.69) is 44.7 Å². The van der Waals surface area contributed by atoms with Crippen molar-refractivity contribution in [1.82, 2.24) is 14.9 Å². The number of carbonyl (C=O) groups is 1. The highest BCUT2D eigenvalue weighted by molar-refractivity contribution is 9.10. The highest BCUT2D eigenvalue weighted by atomic mass is 79.9. The van der Waals surface area contributed by atoms with Crippen molar-refractivity contribution in [3.05, 3.63) is 28.7 Å². The molecule has 0 radical (unpaired) electrons. The van der Waals surface area contributed by atoms with Crippen molar-refractivity contribution in [2.45, 2.75) is 44.7 Å². The second kappa shape index (κ2) is 10.9. The summed E-state index contributed by atoms with van der Waals surface area (Å²) in [6.07, 6.45) is -0.0951. The van der Waals surface area contributed by atoms with Gasteiger partial charge in [-0.1, -0.05) is 43.6 Å². The predicted molar refractivity (Wildman–Crippen MR) is 117 cm³/mol. The van der Waals surface area contributed by atoms with Gasteiger partial charge in [0.15, 0.2) is 0 Å². The van der Waals surface area contributed by atoms with Gasteiger partial charge in [-0.3, -0.25) is 9.69 Å². The highest BCUT2D eigenvalue weighted by Crippen LogP contribution is 2.16. The number of ether oxygens (including phenoxy) is 1. The van der Waals surface area contributed by atoms with Gasteiger partial charge >= 0.3 is 0 Å². The first-order valence-electron chi connectivity index (χ1n) is 9.98. The van der Waals surface area contributed by atoms with Crippen LogP contribution in [0.25, 0.3) is 0 Å². The molecule has 164 valence electrons. The molecule has 1 fully saturated rings. The smallest absolute Gasteiger partial charge is 0.241 e. The fourth-order valence-electron chi connectivity index (χ4n) is 3.25. The van der Waals surface area contributed by atoms with Gasteiger partial charge in [0.25, 0.3) is 0 Å². The molecule has 9 heteroatoms. The lowest BCUT2D eigenvalue weighted by Gasteiger charge is -2.34. The van der Waals surface area contributed by atoms with E-state index >= 15 is 0 Å². The third-order valence-electron chi connectivity index (χ3n) is 4.71. The van der Waals surface area contributed by atoms with E-state index in [0.717, 1.165) is 24.1 Å². The molecule has 29 heavy (non-hydrogen) atoms. The van der Waals surface area contributed by atoms with Gasteiger partial charge in [-0.2, -0.15) is 4.72 Å². The van der Waals surface area contributed by atoms with Crippen LogP contribution in [0.4, 0.5) is 0 Å². The van der Waals surface area contributed by atoms with Gasteiger partial charge in [-0.25, -0.2) is 8.42 Å². The molecule has 0 aliphatic carbocycles. The molecule has 0 bridgehead atoms. The molecule has 1 aromatic carbocycles. The number of halogens is 1. The Bertz CT molecular complexity index is 768. The van der Waals surface area contributed by atoms with Gasteiger partial charge in [0.2, 0.25) is 15.9 Å². The maximum Gasteiger partial charge on any atom is 0.241 e. The van der Waals surface area contributed by atoms with Crippen molar-refractivity contribution in [3.63, 3.8) is 0 Å². The standard InChI is InChI=1S/C20H32BrN3O4S/c1-14(2)12-24-9-10-28-17(13-24)11-22-20(25)19(15(3)4)23-29(26,27)18-7-5-16(21)6-8-18/h5-8,14-15,17,19,23H,9-13H2,1-4H3,(H,22,25)/t17-,19-/m1/s1. The van der Waals surface area contributed by atoms with Crippen LogP contribution in [0.3, 0.4) is 0 Å². The second-order valence-corrected chi connectivity index (χ2v) is 10.8. The summed E-state index contributed by atoms with van der Waals surface area (Å²) in [5, 5.41) is 2.87. The zero-order valence-corrected chi connectivity index (χ0v) is 19.9. The van der Waals surface area contributed by atoms with Crippen molar-refractivity contribution in [2.24, 2.45) is 11.8 Å². The van der Waals surface area contributed by atoms with Crippen LogP contribution in [0, 0.1) is 11.8 Å². The van der Waals surface area contributed by atoms with E-state index in [1.165, 1.54) is 12.1 Å². The third-order valence-corrected chi connectivity index (χ3v) is 6.69. The van der Waals surface area contributed by atoms with Crippen LogP contribution in [0.1, 0.15) is 27.7 Å². The summed E-state index contributed by atoms with van der Waals surface area (Å²) >= 11 is 3.29. The Morgan fingerprint density at radius 2 is 1.90 bits per heavy atom. The van der Waals surface area contributed by atoms with Crippen LogP contribution < -0.4 is 10.0 Å². The molecular weight excluding hydrogens is 458 g/mol. The number of hydrogen-bond acceptors (Lipinski definition) is 5. The fraction of sp³-hybridized carbons (Fsp3) is 0.650. The lowest BCUT2D eigenvalue weighted by molar-refractivity contribution is -0.124. The average Bonchev–Trinajstić information content (AvgIpc) is 2.64. The van der Waals surface area contributed by atoms with Gasteiger partial charge in [0, 0.05) is 30.7 Å². The number of nitrogens with zero attached hydrogens (tertiary/aromatic N) is 1. The average molecular weight is 490 g/mol. The highest BCUT2D eigenvalue weighted by Gasteiger charge is 2.29. The largest absolute Gasteiger partial charge is 0.374 e. The summed E-state index contributed by atoms with van der Waals surface area (Å²) in [6.45, 7) is 11.6. The lowest BCUT2D eigenvalue weighted by atomic mass is 10.0. The molecule has 2 N–H and O–H groups in total. The number of hydrogen-bond donors (Lipinski definition) is 2. The monoisotopic (exact) mass is 489 g/mol. The normalized spacial score (nSPS) is 19.5. The van der Waals surface area contributed by atoms with Gasteiger partial charge in [-0.15, -0.1) is 0 Å². The van der Waals surface area contributed by atoms with Crippen molar-refractivity contribution < 1.29 is 17.9 Å². The predicted octanol–water partition coefficient (Wildman–Crippen LogP) is 2.23. The van der Waals surface area contributed by atoms with Crippen molar-refractivity contribution in [3.8, 4) is 0 Å². The second-order valence-electron chi connectivity index (χ2n) is 8.19. The van der Waals surface area contributed by atoms with Gasteiger partial charge in [0.1, 0.15) is 6.04 Å². The zero-order chi connectivity index (χ0) is 21.6. The lowest BCUT2D eigenvalue weighted by Crippen LogP contribution is -2.53. The molecule has 7 nitrogen and oxygen atoms in total. The molecule has 1 aromatic rings. The molecule has 2 atom stereocenters. The summed E-state index contributed by atoms with van der Waals surface area (Å²) < 4.78 is 34.4. The molecule has 1 aliphatic heterocycles. The minimum atomic E-state index is -3.80. The quantitative estimate of drug-likeness (QED) is 0.555. The molecule has 0 unspecified atom stereocenters. The van der Waals surface area contributed by atoms with Crippen LogP contribution in [0.15, 0.2) is 33.6 Å². The van der Waals surface area contributed by atoms with E-state index in [4.69, 9.17) is 4.74 Å². The van der Waals surface area contributed by atoms with Gasteiger partial charge in [0.05, 0.1) is 17.6 Å². The minimum Gasteiger partial charge on any atom is -0.374 e. The summed E-state index contributed by atoms with van der Waals surface area (Å²) in [4.78, 5) is 15.2. The Labute approximate surface area is 182 Å². The Balaban J connectivity index is 1.96. The van der Waals surface area contributed by atoms with Gasteiger partial charge in [-0.05, 0) is 36.1 Å². The Morgan fingerprint density at radius 1 is 1.24 bits per heavy atom. The van der Waals surface area contributed by atoms with Gasteiger partial charge < -0.3 is 10.1 Å². The number of carbonyl (C=O) groups excluding carboxylic acids is 1. The first-order chi connectivity index (χ1) is 13.6. The molecule has 1 aliphatic rings. The Hall–Kier alpha value is -1.00. The summed E-state index contributed by atoms with van der Waals surface area (Å²) in [6, 6.07) is 5.45. The number of sulfonamides is 1. The third kappa shape index (κ3) is 7.64. The number of nitrogens with one attached hydrogen (secondary N) is 2. The Morgan fingerprint density at radius 3 is 2.48 bits per heavy atom. The van der Waals surface area contributed by atoms with Crippen LogP contribution in [-0.2, 0) is 19.6 Å². The zero-order valence-electron chi connectivity index (χ0n) is 17.5. The summed E-state index contributed by atoms with van der Waals surface area (Å²) in [7, 11) is -3.80. The van der Waals surface area contributed by atoms with E-state index < -0.39 is 16.1 Å². The summed E-state index contributed by atoms with van der Waals surface area (Å²) in [5.41, 5.74) is 0. The maximum absolute atomic E-state index is 12.7. The first kappa shape index (κ1) is 24.3. The molecular formula is C20H32BrN3O4S. The topological polar surface area (TPSA) is 87.7 Å².